The minimum atomic E-state index is 0.123. The molecule has 2 rings (SSSR count). The Bertz CT molecular complexity index is 434. The zero-order valence-electron chi connectivity index (χ0n) is 11.0. The molecule has 5 heteroatoms. The van der Waals surface area contributed by atoms with Crippen LogP contribution in [0.2, 0.25) is 10.0 Å². The van der Waals surface area contributed by atoms with Crippen LogP contribution in [-0.4, -0.2) is 36.8 Å². The molecule has 106 valence electrons. The molecule has 1 atom stereocenters. The summed E-state index contributed by atoms with van der Waals surface area (Å²) in [5, 5.41) is 10.8. The van der Waals surface area contributed by atoms with Gasteiger partial charge in [0.25, 0.3) is 0 Å². The number of halogens is 2. The Morgan fingerprint density at radius 3 is 2.89 bits per heavy atom. The minimum absolute atomic E-state index is 0.123. The molecular weight excluding hydrogens is 285 g/mol. The maximum Gasteiger partial charge on any atom is 0.138 e. The highest BCUT2D eigenvalue weighted by Crippen LogP contribution is 2.32. The fourth-order valence-electron chi connectivity index (χ4n) is 2.49. The van der Waals surface area contributed by atoms with Crippen molar-refractivity contribution in [3.8, 4) is 5.75 Å². The Morgan fingerprint density at radius 1 is 1.42 bits per heavy atom. The lowest BCUT2D eigenvalue weighted by molar-refractivity contribution is 0.0411. The second-order valence-corrected chi connectivity index (χ2v) is 6.02. The van der Waals surface area contributed by atoms with E-state index in [0.29, 0.717) is 22.5 Å². The van der Waals surface area contributed by atoms with Crippen LogP contribution in [0.4, 0.5) is 0 Å². The third kappa shape index (κ3) is 4.25. The topological polar surface area (TPSA) is 32.7 Å². The molecule has 0 bridgehead atoms. The number of rotatable bonds is 4. The Labute approximate surface area is 124 Å². The molecule has 0 saturated carbocycles. The van der Waals surface area contributed by atoms with E-state index in [1.165, 1.54) is 6.42 Å². The maximum atomic E-state index is 9.93. The third-order valence-electron chi connectivity index (χ3n) is 3.37. The quantitative estimate of drug-likeness (QED) is 0.923. The summed E-state index contributed by atoms with van der Waals surface area (Å²) in [6.45, 7) is 3.28. The van der Waals surface area contributed by atoms with Crippen molar-refractivity contribution in [2.24, 2.45) is 5.92 Å². The van der Waals surface area contributed by atoms with Crippen molar-refractivity contribution in [3.63, 3.8) is 0 Å². The molecule has 3 nitrogen and oxygen atoms in total. The van der Waals surface area contributed by atoms with E-state index in [1.54, 1.807) is 12.1 Å². The molecule has 1 aromatic rings. The number of hydrogen-bond acceptors (Lipinski definition) is 3. The lowest BCUT2D eigenvalue weighted by Gasteiger charge is -2.27. The number of benzene rings is 1. The molecule has 0 spiro atoms. The van der Waals surface area contributed by atoms with Crippen molar-refractivity contribution in [1.29, 1.82) is 0 Å². The maximum absolute atomic E-state index is 9.93. The third-order valence-corrected chi connectivity index (χ3v) is 3.88. The fourth-order valence-corrected chi connectivity index (χ4v) is 3.02. The summed E-state index contributed by atoms with van der Waals surface area (Å²) < 4.78 is 5.48. The first-order chi connectivity index (χ1) is 9.06. The van der Waals surface area contributed by atoms with E-state index >= 15 is 0 Å². The number of phenols is 1. The highest BCUT2D eigenvalue weighted by atomic mass is 35.5. The molecule has 1 aliphatic rings. The van der Waals surface area contributed by atoms with Gasteiger partial charge in [0.15, 0.2) is 0 Å². The van der Waals surface area contributed by atoms with E-state index in [0.717, 1.165) is 31.7 Å². The summed E-state index contributed by atoms with van der Waals surface area (Å²) in [7, 11) is 2.03. The molecule has 19 heavy (non-hydrogen) atoms. The summed E-state index contributed by atoms with van der Waals surface area (Å²) in [4.78, 5) is 2.17. The van der Waals surface area contributed by atoms with Gasteiger partial charge in [-0.1, -0.05) is 23.2 Å². The zero-order valence-corrected chi connectivity index (χ0v) is 12.5. The first-order valence-corrected chi connectivity index (χ1v) is 7.25. The monoisotopic (exact) mass is 303 g/mol. The van der Waals surface area contributed by atoms with E-state index in [9.17, 15) is 5.11 Å². The molecule has 0 aliphatic carbocycles. The zero-order chi connectivity index (χ0) is 13.8. The van der Waals surface area contributed by atoms with Crippen LogP contribution in [-0.2, 0) is 11.3 Å². The average molecular weight is 304 g/mol. The van der Waals surface area contributed by atoms with Gasteiger partial charge in [-0.2, -0.15) is 0 Å². The summed E-state index contributed by atoms with van der Waals surface area (Å²) in [5.41, 5.74) is 0.761. The largest absolute Gasteiger partial charge is 0.506 e. The van der Waals surface area contributed by atoms with E-state index < -0.39 is 0 Å². The number of ether oxygens (including phenoxy) is 1. The molecule has 0 radical (unpaired) electrons. The van der Waals surface area contributed by atoms with Gasteiger partial charge < -0.3 is 14.7 Å². The van der Waals surface area contributed by atoms with Gasteiger partial charge >= 0.3 is 0 Å². The van der Waals surface area contributed by atoms with Crippen molar-refractivity contribution in [2.75, 3.05) is 26.8 Å². The Kier molecular flexibility index (Phi) is 5.34. The molecule has 1 unspecified atom stereocenters. The second kappa shape index (κ2) is 6.80. The Hall–Kier alpha value is -0.480. The molecule has 1 aromatic carbocycles. The summed E-state index contributed by atoms with van der Waals surface area (Å²) in [5.74, 6) is 0.688. The van der Waals surface area contributed by atoms with Crippen LogP contribution in [0.5, 0.6) is 5.75 Å². The molecular formula is C14H19Cl2NO2. The Balaban J connectivity index is 1.96. The van der Waals surface area contributed by atoms with Crippen molar-refractivity contribution >= 4 is 23.2 Å². The van der Waals surface area contributed by atoms with E-state index in [-0.39, 0.29) is 5.75 Å². The molecule has 1 N–H and O–H groups in total. The van der Waals surface area contributed by atoms with Crippen LogP contribution in [0.15, 0.2) is 12.1 Å². The molecule has 1 fully saturated rings. The van der Waals surface area contributed by atoms with E-state index in [1.807, 2.05) is 7.05 Å². The highest BCUT2D eigenvalue weighted by Gasteiger charge is 2.17. The molecule has 1 heterocycles. The van der Waals surface area contributed by atoms with E-state index in [4.69, 9.17) is 27.9 Å². The number of phenolic OH excluding ortho intramolecular Hbond substituents is 1. The molecule has 0 aromatic heterocycles. The SMILES string of the molecule is CN(Cc1cc(Cl)cc(Cl)c1O)CC1CCCOC1. The second-order valence-electron chi connectivity index (χ2n) is 5.18. The van der Waals surface area contributed by atoms with Crippen LogP contribution < -0.4 is 0 Å². The Morgan fingerprint density at radius 2 is 2.21 bits per heavy atom. The average Bonchev–Trinajstić information content (AvgIpc) is 2.36. The number of nitrogens with zero attached hydrogens (tertiary/aromatic N) is 1. The number of hydrogen-bond donors (Lipinski definition) is 1. The van der Waals surface area contributed by atoms with Gasteiger partial charge in [-0.25, -0.2) is 0 Å². The van der Waals surface area contributed by atoms with Gasteiger partial charge in [0.2, 0.25) is 0 Å². The normalized spacial score (nSPS) is 19.9. The van der Waals surface area contributed by atoms with Crippen molar-refractivity contribution < 1.29 is 9.84 Å². The van der Waals surface area contributed by atoms with Gasteiger partial charge in [-0.15, -0.1) is 0 Å². The van der Waals surface area contributed by atoms with Crippen LogP contribution in [0.25, 0.3) is 0 Å². The van der Waals surface area contributed by atoms with Gasteiger partial charge in [-0.3, -0.25) is 0 Å². The van der Waals surface area contributed by atoms with Gasteiger partial charge in [0.05, 0.1) is 11.6 Å². The van der Waals surface area contributed by atoms with Crippen LogP contribution in [0, 0.1) is 5.92 Å². The predicted molar refractivity (Wildman–Crippen MR) is 78.0 cm³/mol. The smallest absolute Gasteiger partial charge is 0.138 e. The predicted octanol–water partition coefficient (Wildman–Crippen LogP) is 3.56. The lowest BCUT2D eigenvalue weighted by Crippen LogP contribution is -2.30. The standard InChI is InChI=1S/C14H19Cl2NO2/c1-17(7-10-3-2-4-19-9-10)8-11-5-12(15)6-13(16)14(11)18/h5-6,10,18H,2-4,7-9H2,1H3. The fraction of sp³-hybridized carbons (Fsp3) is 0.571. The van der Waals surface area contributed by atoms with Gasteiger partial charge in [0.1, 0.15) is 5.75 Å². The highest BCUT2D eigenvalue weighted by molar-refractivity contribution is 6.35. The van der Waals surface area contributed by atoms with Crippen molar-refractivity contribution in [1.82, 2.24) is 4.90 Å². The van der Waals surface area contributed by atoms with Crippen molar-refractivity contribution in [2.45, 2.75) is 19.4 Å². The van der Waals surface area contributed by atoms with Crippen LogP contribution >= 0.6 is 23.2 Å². The van der Waals surface area contributed by atoms with Crippen LogP contribution in [0.1, 0.15) is 18.4 Å². The molecule has 1 aliphatic heterocycles. The first kappa shape index (κ1) is 14.9. The van der Waals surface area contributed by atoms with Gasteiger partial charge in [-0.05, 0) is 37.9 Å². The lowest BCUT2D eigenvalue weighted by atomic mass is 10.0. The molecule has 0 amide bonds. The van der Waals surface area contributed by atoms with E-state index in [2.05, 4.69) is 4.90 Å². The number of aromatic hydroxyl groups is 1. The van der Waals surface area contributed by atoms with Crippen molar-refractivity contribution in [3.05, 3.63) is 27.7 Å². The van der Waals surface area contributed by atoms with Gasteiger partial charge in [0, 0.05) is 30.3 Å². The minimum Gasteiger partial charge on any atom is -0.506 e. The summed E-state index contributed by atoms with van der Waals surface area (Å²) in [6.07, 6.45) is 2.33. The molecule has 1 saturated heterocycles. The van der Waals surface area contributed by atoms with Crippen LogP contribution in [0.3, 0.4) is 0 Å². The summed E-state index contributed by atoms with van der Waals surface area (Å²) >= 11 is 11.9. The summed E-state index contributed by atoms with van der Waals surface area (Å²) in [6, 6.07) is 3.31. The first-order valence-electron chi connectivity index (χ1n) is 6.49.